The minimum Gasteiger partial charge on any atom is -0.507 e. The Morgan fingerprint density at radius 2 is 0.818 bits per heavy atom. The second kappa shape index (κ2) is 11.5. The Balaban J connectivity index is 1.80. The van der Waals surface area contributed by atoms with Crippen LogP contribution >= 0.6 is 0 Å². The van der Waals surface area contributed by atoms with Gasteiger partial charge in [-0.2, -0.15) is 0 Å². The van der Waals surface area contributed by atoms with Crippen molar-refractivity contribution in [3.8, 4) is 11.5 Å². The Kier molecular flexibility index (Phi) is 8.65. The molecule has 0 saturated carbocycles. The summed E-state index contributed by atoms with van der Waals surface area (Å²) in [5.41, 5.74) is 6.57. The van der Waals surface area contributed by atoms with Gasteiger partial charge in [-0.05, 0) is 57.1 Å². The summed E-state index contributed by atoms with van der Waals surface area (Å²) in [6.07, 6.45) is 3.54. The molecule has 0 amide bonds. The number of fused-ring (bicyclic) bond motifs is 1. The molecule has 4 aromatic carbocycles. The zero-order valence-electron chi connectivity index (χ0n) is 28.7. The molecule has 4 rings (SSSR count). The summed E-state index contributed by atoms with van der Waals surface area (Å²) in [4.78, 5) is 9.77. The molecule has 4 nitrogen and oxygen atoms in total. The zero-order valence-corrected chi connectivity index (χ0v) is 28.7. The Hall–Kier alpha value is -3.92. The fraction of sp³-hybridized carbons (Fsp3) is 0.400. The van der Waals surface area contributed by atoms with Gasteiger partial charge in [0.05, 0.1) is 11.4 Å². The van der Waals surface area contributed by atoms with Crippen molar-refractivity contribution in [2.24, 2.45) is 9.98 Å². The van der Waals surface area contributed by atoms with Gasteiger partial charge in [-0.15, -0.1) is 0 Å². The number of nitrogens with zero attached hydrogens (tertiary/aromatic N) is 2. The second-order valence-corrected chi connectivity index (χ2v) is 16.1. The van der Waals surface area contributed by atoms with Crippen molar-refractivity contribution in [3.63, 3.8) is 0 Å². The molecule has 0 spiro atoms. The van der Waals surface area contributed by atoms with E-state index in [1.165, 1.54) is 0 Å². The number of hydrogen-bond donors (Lipinski definition) is 2. The lowest BCUT2D eigenvalue weighted by Crippen LogP contribution is -2.17. The average Bonchev–Trinajstić information content (AvgIpc) is 2.89. The number of aromatic hydroxyl groups is 2. The lowest BCUT2D eigenvalue weighted by molar-refractivity contribution is 0.443. The fourth-order valence-corrected chi connectivity index (χ4v) is 5.30. The van der Waals surface area contributed by atoms with Crippen LogP contribution in [0.5, 0.6) is 11.5 Å². The monoisotopic (exact) mass is 590 g/mol. The Morgan fingerprint density at radius 1 is 0.477 bits per heavy atom. The van der Waals surface area contributed by atoms with Gasteiger partial charge in [0.25, 0.3) is 0 Å². The SMILES string of the molecule is CC(C)(C)c1cc(C=Nc2cccc3c(N=Cc4cc(C(C)(C)C)cc(C(C)(C)C)c4O)cccc23)c(O)c(C(C)(C)C)c1. The summed E-state index contributed by atoms with van der Waals surface area (Å²) >= 11 is 0. The molecule has 4 aromatic rings. The van der Waals surface area contributed by atoms with Crippen LogP contribution in [-0.2, 0) is 21.7 Å². The Bertz CT molecular complexity index is 1620. The van der Waals surface area contributed by atoms with E-state index in [1.54, 1.807) is 12.4 Å². The molecule has 2 N–H and O–H groups in total. The number of phenolic OH excluding ortho intramolecular Hbond substituents is 2. The molecule has 44 heavy (non-hydrogen) atoms. The summed E-state index contributed by atoms with van der Waals surface area (Å²) in [5.74, 6) is 0.540. The quantitative estimate of drug-likeness (QED) is 0.232. The van der Waals surface area contributed by atoms with E-state index in [1.807, 2.05) is 48.5 Å². The van der Waals surface area contributed by atoms with Gasteiger partial charge in [0.2, 0.25) is 0 Å². The van der Waals surface area contributed by atoms with Crippen LogP contribution in [0, 0.1) is 0 Å². The number of aliphatic imine (C=N–C) groups is 2. The summed E-state index contributed by atoms with van der Waals surface area (Å²) in [5, 5.41) is 24.4. The molecule has 4 heteroatoms. The summed E-state index contributed by atoms with van der Waals surface area (Å²) in [6.45, 7) is 25.8. The molecule has 232 valence electrons. The third-order valence-electron chi connectivity index (χ3n) is 8.19. The van der Waals surface area contributed by atoms with E-state index < -0.39 is 0 Å². The number of rotatable bonds is 4. The van der Waals surface area contributed by atoms with E-state index in [-0.39, 0.29) is 33.2 Å². The van der Waals surface area contributed by atoms with E-state index in [2.05, 4.69) is 95.2 Å². The summed E-state index contributed by atoms with van der Waals surface area (Å²) in [7, 11) is 0. The molecule has 0 aliphatic rings. The van der Waals surface area contributed by atoms with Crippen molar-refractivity contribution in [1.29, 1.82) is 0 Å². The van der Waals surface area contributed by atoms with Gasteiger partial charge in [0.15, 0.2) is 0 Å². The number of benzene rings is 4. The van der Waals surface area contributed by atoms with Crippen molar-refractivity contribution >= 4 is 34.6 Å². The van der Waals surface area contributed by atoms with Gasteiger partial charge in [-0.3, -0.25) is 9.98 Å². The molecular weight excluding hydrogens is 540 g/mol. The van der Waals surface area contributed by atoms with Crippen molar-refractivity contribution in [1.82, 2.24) is 0 Å². The van der Waals surface area contributed by atoms with E-state index in [0.29, 0.717) is 11.1 Å². The molecule has 0 fully saturated rings. The Morgan fingerprint density at radius 3 is 1.11 bits per heavy atom. The van der Waals surface area contributed by atoms with E-state index >= 15 is 0 Å². The summed E-state index contributed by atoms with van der Waals surface area (Å²) in [6, 6.07) is 20.3. The van der Waals surface area contributed by atoms with Gasteiger partial charge in [0, 0.05) is 45.5 Å². The fourth-order valence-electron chi connectivity index (χ4n) is 5.30. The largest absolute Gasteiger partial charge is 0.507 e. The van der Waals surface area contributed by atoms with Crippen LogP contribution in [0.4, 0.5) is 11.4 Å². The highest BCUT2D eigenvalue weighted by molar-refractivity contribution is 6.02. The molecule has 0 aromatic heterocycles. The topological polar surface area (TPSA) is 65.2 Å². The molecule has 0 bridgehead atoms. The smallest absolute Gasteiger partial charge is 0.128 e. The standard InChI is InChI=1S/C40H50N2O2/c1-37(2,3)27-19-25(35(43)31(21-27)39(7,8)9)23-41-33-17-13-16-30-29(33)15-14-18-34(30)42-24-26-20-28(38(4,5)6)22-32(36(26)44)40(10,11)12/h13-24,43-44H,1-12H3. The van der Waals surface area contributed by atoms with E-state index in [9.17, 15) is 10.2 Å². The van der Waals surface area contributed by atoms with Crippen molar-refractivity contribution < 1.29 is 10.2 Å². The highest BCUT2D eigenvalue weighted by Gasteiger charge is 2.26. The summed E-state index contributed by atoms with van der Waals surface area (Å²) < 4.78 is 0. The Labute approximate surface area is 264 Å². The lowest BCUT2D eigenvalue weighted by Gasteiger charge is -2.27. The average molecular weight is 591 g/mol. The van der Waals surface area contributed by atoms with Crippen LogP contribution in [0.3, 0.4) is 0 Å². The van der Waals surface area contributed by atoms with Crippen LogP contribution in [0.1, 0.15) is 116 Å². The highest BCUT2D eigenvalue weighted by atomic mass is 16.3. The van der Waals surface area contributed by atoms with Crippen molar-refractivity contribution in [3.05, 3.63) is 94.0 Å². The third-order valence-corrected chi connectivity index (χ3v) is 8.19. The van der Waals surface area contributed by atoms with Crippen LogP contribution in [0.25, 0.3) is 10.8 Å². The van der Waals surface area contributed by atoms with Crippen LogP contribution in [0.15, 0.2) is 70.6 Å². The van der Waals surface area contributed by atoms with Gasteiger partial charge in [-0.25, -0.2) is 0 Å². The predicted octanol–water partition coefficient (Wildman–Crippen LogP) is 10.9. The van der Waals surface area contributed by atoms with Gasteiger partial charge >= 0.3 is 0 Å². The molecule has 0 atom stereocenters. The predicted molar refractivity (Wildman–Crippen MR) is 189 cm³/mol. The van der Waals surface area contributed by atoms with Crippen LogP contribution in [-0.4, -0.2) is 22.6 Å². The van der Waals surface area contributed by atoms with Gasteiger partial charge < -0.3 is 10.2 Å². The van der Waals surface area contributed by atoms with Gasteiger partial charge in [0.1, 0.15) is 11.5 Å². The maximum absolute atomic E-state index is 11.3. The molecule has 0 aliphatic heterocycles. The van der Waals surface area contributed by atoms with Crippen molar-refractivity contribution in [2.75, 3.05) is 0 Å². The first-order valence-corrected chi connectivity index (χ1v) is 15.5. The van der Waals surface area contributed by atoms with Crippen LogP contribution in [0.2, 0.25) is 0 Å². The molecule has 0 saturated heterocycles. The van der Waals surface area contributed by atoms with E-state index in [0.717, 1.165) is 44.4 Å². The first kappa shape index (κ1) is 33.0. The number of hydrogen-bond acceptors (Lipinski definition) is 4. The maximum Gasteiger partial charge on any atom is 0.128 e. The molecular formula is C40H50N2O2. The first-order chi connectivity index (χ1) is 20.2. The minimum absolute atomic E-state index is 0.0723. The zero-order chi connectivity index (χ0) is 32.8. The molecule has 0 unspecified atom stereocenters. The van der Waals surface area contributed by atoms with Crippen molar-refractivity contribution in [2.45, 2.75) is 105 Å². The third kappa shape index (κ3) is 7.07. The first-order valence-electron chi connectivity index (χ1n) is 15.5. The molecule has 0 heterocycles. The molecule has 0 aliphatic carbocycles. The van der Waals surface area contributed by atoms with E-state index in [4.69, 9.17) is 9.98 Å². The normalized spacial score (nSPS) is 13.5. The minimum atomic E-state index is -0.214. The maximum atomic E-state index is 11.3. The second-order valence-electron chi connectivity index (χ2n) is 16.1. The number of phenols is 2. The van der Waals surface area contributed by atoms with Gasteiger partial charge in [-0.1, -0.05) is 119 Å². The highest BCUT2D eigenvalue weighted by Crippen LogP contribution is 2.40. The molecule has 0 radical (unpaired) electrons. The van der Waals surface area contributed by atoms with Crippen LogP contribution < -0.4 is 0 Å². The lowest BCUT2D eigenvalue weighted by atomic mass is 9.79.